The van der Waals surface area contributed by atoms with Crippen LogP contribution < -0.4 is 4.74 Å². The lowest BCUT2D eigenvalue weighted by Crippen LogP contribution is -2.25. The molecule has 0 radical (unpaired) electrons. The highest BCUT2D eigenvalue weighted by Crippen LogP contribution is 2.44. The molecular formula is C31H36N4O5. The Morgan fingerprint density at radius 1 is 1.02 bits per heavy atom. The van der Waals surface area contributed by atoms with E-state index in [0.29, 0.717) is 5.92 Å². The monoisotopic (exact) mass is 544 g/mol. The molecule has 3 aromatic heterocycles. The van der Waals surface area contributed by atoms with Crippen LogP contribution in [0.3, 0.4) is 0 Å². The summed E-state index contributed by atoms with van der Waals surface area (Å²) in [4.78, 5) is 18.2. The predicted molar refractivity (Wildman–Crippen MR) is 152 cm³/mol. The largest absolute Gasteiger partial charge is 0.483 e. The van der Waals surface area contributed by atoms with Crippen molar-refractivity contribution in [1.29, 1.82) is 0 Å². The van der Waals surface area contributed by atoms with Gasteiger partial charge in [0, 0.05) is 54.0 Å². The molecule has 3 aliphatic rings. The molecule has 40 heavy (non-hydrogen) atoms. The summed E-state index contributed by atoms with van der Waals surface area (Å²) < 4.78 is 20.5. The first-order valence-electron chi connectivity index (χ1n) is 14.4. The van der Waals surface area contributed by atoms with E-state index in [1.54, 1.807) is 0 Å². The molecule has 9 nitrogen and oxygen atoms in total. The van der Waals surface area contributed by atoms with Crippen LogP contribution in [0, 0.1) is 6.92 Å². The lowest BCUT2D eigenvalue weighted by molar-refractivity contribution is -0.122. The van der Waals surface area contributed by atoms with Crippen LogP contribution in [0.25, 0.3) is 32.8 Å². The van der Waals surface area contributed by atoms with Gasteiger partial charge in [-0.3, -0.25) is 9.78 Å². The van der Waals surface area contributed by atoms with E-state index < -0.39 is 0 Å². The van der Waals surface area contributed by atoms with Crippen molar-refractivity contribution < 1.29 is 24.1 Å². The number of nitrogens with zero attached hydrogens (tertiary/aromatic N) is 4. The van der Waals surface area contributed by atoms with Crippen LogP contribution in [-0.2, 0) is 14.3 Å². The van der Waals surface area contributed by atoms with Gasteiger partial charge >= 0.3 is 0 Å². The Kier molecular flexibility index (Phi) is 7.93. The maximum atomic E-state index is 8.36. The molecule has 0 bridgehead atoms. The molecule has 3 fully saturated rings. The normalized spacial score (nSPS) is 20.1. The van der Waals surface area contributed by atoms with Gasteiger partial charge in [0.2, 0.25) is 5.88 Å². The fraction of sp³-hybridized carbons (Fsp3) is 0.484. The SMILES string of the molecule is Cc1cc(-c2c(C3CCOCC3)nc(OC3CCC3)c3cc4c(cnn4C4CCCCO4)cc23)ccn1.O=CO. The summed E-state index contributed by atoms with van der Waals surface area (Å²) in [5, 5.41) is 15.0. The molecule has 1 aliphatic carbocycles. The van der Waals surface area contributed by atoms with Gasteiger partial charge in [0.15, 0.2) is 6.23 Å². The van der Waals surface area contributed by atoms with E-state index in [4.69, 9.17) is 34.2 Å². The minimum Gasteiger partial charge on any atom is -0.483 e. The topological polar surface area (TPSA) is 109 Å². The minimum atomic E-state index is -0.250. The first kappa shape index (κ1) is 26.7. The summed E-state index contributed by atoms with van der Waals surface area (Å²) >= 11 is 0. The van der Waals surface area contributed by atoms with E-state index in [1.807, 2.05) is 19.3 Å². The van der Waals surface area contributed by atoms with Crippen LogP contribution in [-0.4, -0.2) is 57.3 Å². The van der Waals surface area contributed by atoms with Crippen LogP contribution in [0.5, 0.6) is 5.88 Å². The molecule has 0 amide bonds. The fourth-order valence-corrected chi connectivity index (χ4v) is 5.99. The molecule has 0 spiro atoms. The third kappa shape index (κ3) is 5.28. The van der Waals surface area contributed by atoms with Crippen LogP contribution in [0.2, 0.25) is 0 Å². The molecule has 2 saturated heterocycles. The summed E-state index contributed by atoms with van der Waals surface area (Å²) in [6.07, 6.45) is 12.7. The molecule has 4 aromatic rings. The van der Waals surface area contributed by atoms with E-state index in [-0.39, 0.29) is 18.8 Å². The molecule has 210 valence electrons. The van der Waals surface area contributed by atoms with Crippen molar-refractivity contribution in [1.82, 2.24) is 19.7 Å². The second-order valence-electron chi connectivity index (χ2n) is 10.9. The smallest absolute Gasteiger partial charge is 0.290 e. The standard InChI is InChI=1S/C30H34N4O3.CH2O2/c1-19-15-21(8-11-31-19)28-24-16-22-18-32-34(27-7-2-3-12-36-27)26(22)17-25(24)30(37-23-5-4-6-23)33-29(28)20-9-13-35-14-10-20;2-1-3/h8,11,15-18,20,23,27H,2-7,9-10,12-14H2,1H3;1H,(H,2,3). The molecule has 1 atom stereocenters. The van der Waals surface area contributed by atoms with Gasteiger partial charge in [-0.2, -0.15) is 5.10 Å². The summed E-state index contributed by atoms with van der Waals surface area (Å²) in [5.74, 6) is 1.09. The van der Waals surface area contributed by atoms with Crippen LogP contribution in [0.4, 0.5) is 0 Å². The Morgan fingerprint density at radius 3 is 2.55 bits per heavy atom. The minimum absolute atomic E-state index is 0.0171. The van der Waals surface area contributed by atoms with Gasteiger partial charge < -0.3 is 19.3 Å². The molecule has 1 aromatic carbocycles. The lowest BCUT2D eigenvalue weighted by Gasteiger charge is -2.29. The average Bonchev–Trinajstić information content (AvgIpc) is 3.38. The number of rotatable bonds is 5. The molecule has 1 saturated carbocycles. The summed E-state index contributed by atoms with van der Waals surface area (Å²) in [7, 11) is 0. The molecule has 9 heteroatoms. The zero-order valence-electron chi connectivity index (χ0n) is 22.9. The van der Waals surface area contributed by atoms with E-state index in [0.717, 1.165) is 104 Å². The van der Waals surface area contributed by atoms with Gasteiger partial charge in [-0.05, 0) is 93.5 Å². The molecule has 5 heterocycles. The highest BCUT2D eigenvalue weighted by molar-refractivity contribution is 6.07. The quantitative estimate of drug-likeness (QED) is 0.297. The fourth-order valence-electron chi connectivity index (χ4n) is 5.99. The van der Waals surface area contributed by atoms with Crippen LogP contribution in [0.1, 0.15) is 74.9 Å². The number of hydrogen-bond donors (Lipinski definition) is 1. The zero-order chi connectivity index (χ0) is 27.5. The Hall–Kier alpha value is -3.56. The summed E-state index contributed by atoms with van der Waals surface area (Å²) in [6.45, 7) is 4.13. The highest BCUT2D eigenvalue weighted by Gasteiger charge is 2.28. The number of fused-ring (bicyclic) bond motifs is 2. The number of carbonyl (C=O) groups is 1. The Morgan fingerprint density at radius 2 is 1.85 bits per heavy atom. The van der Waals surface area contributed by atoms with Crippen molar-refractivity contribution in [3.63, 3.8) is 0 Å². The van der Waals surface area contributed by atoms with Crippen molar-refractivity contribution in [2.45, 2.75) is 76.5 Å². The molecule has 2 aliphatic heterocycles. The van der Waals surface area contributed by atoms with Gasteiger partial charge in [0.1, 0.15) is 6.10 Å². The molecule has 1 unspecified atom stereocenters. The zero-order valence-corrected chi connectivity index (χ0v) is 22.9. The van der Waals surface area contributed by atoms with Crippen molar-refractivity contribution in [3.8, 4) is 17.0 Å². The Bertz CT molecular complexity index is 1490. The van der Waals surface area contributed by atoms with Crippen LogP contribution in [0.15, 0.2) is 36.7 Å². The lowest BCUT2D eigenvalue weighted by atomic mass is 9.87. The predicted octanol–water partition coefficient (Wildman–Crippen LogP) is 6.18. The first-order valence-corrected chi connectivity index (χ1v) is 14.4. The number of carboxylic acid groups (broad SMARTS) is 1. The molecule has 1 N–H and O–H groups in total. The van der Waals surface area contributed by atoms with E-state index in [1.165, 1.54) is 17.4 Å². The third-order valence-corrected chi connectivity index (χ3v) is 8.27. The number of ether oxygens (including phenoxy) is 3. The average molecular weight is 545 g/mol. The summed E-state index contributed by atoms with van der Waals surface area (Å²) in [6, 6.07) is 8.82. The Balaban J connectivity index is 0.000000925. The number of benzene rings is 1. The van der Waals surface area contributed by atoms with Crippen molar-refractivity contribution >= 4 is 28.1 Å². The maximum Gasteiger partial charge on any atom is 0.290 e. The second kappa shape index (κ2) is 11.9. The van der Waals surface area contributed by atoms with Gasteiger partial charge in [0.05, 0.1) is 17.4 Å². The number of pyridine rings is 2. The molecular weight excluding hydrogens is 508 g/mol. The highest BCUT2D eigenvalue weighted by atomic mass is 16.5. The van der Waals surface area contributed by atoms with E-state index in [9.17, 15) is 0 Å². The number of hydrogen-bond acceptors (Lipinski definition) is 7. The van der Waals surface area contributed by atoms with Gasteiger partial charge in [0.25, 0.3) is 6.47 Å². The first-order chi connectivity index (χ1) is 19.7. The van der Waals surface area contributed by atoms with Crippen molar-refractivity contribution in [3.05, 3.63) is 48.0 Å². The maximum absolute atomic E-state index is 8.36. The van der Waals surface area contributed by atoms with Gasteiger partial charge in [-0.1, -0.05) is 0 Å². The number of aryl methyl sites for hydroxylation is 1. The number of aromatic nitrogens is 4. The van der Waals surface area contributed by atoms with Crippen LogP contribution >= 0.6 is 0 Å². The van der Waals surface area contributed by atoms with Gasteiger partial charge in [-0.25, -0.2) is 9.67 Å². The van der Waals surface area contributed by atoms with Gasteiger partial charge in [-0.15, -0.1) is 0 Å². The summed E-state index contributed by atoms with van der Waals surface area (Å²) in [5.41, 5.74) is 5.55. The van der Waals surface area contributed by atoms with E-state index >= 15 is 0 Å². The van der Waals surface area contributed by atoms with E-state index in [2.05, 4.69) is 33.9 Å². The second-order valence-corrected chi connectivity index (χ2v) is 10.9. The molecule has 7 rings (SSSR count). The third-order valence-electron chi connectivity index (χ3n) is 8.27. The van der Waals surface area contributed by atoms with Crippen molar-refractivity contribution in [2.24, 2.45) is 0 Å². The van der Waals surface area contributed by atoms with Crippen molar-refractivity contribution in [2.75, 3.05) is 19.8 Å². The Labute approximate surface area is 233 Å².